The molecule has 4 rings (SSSR count). The Kier molecular flexibility index (Phi) is 9.43. The second-order valence-electron chi connectivity index (χ2n) is 9.69. The van der Waals surface area contributed by atoms with Gasteiger partial charge in [-0.2, -0.15) is 0 Å². The lowest BCUT2D eigenvalue weighted by molar-refractivity contribution is -0.143. The Morgan fingerprint density at radius 1 is 1.05 bits per heavy atom. The Morgan fingerprint density at radius 2 is 1.82 bits per heavy atom. The molecule has 0 aliphatic heterocycles. The van der Waals surface area contributed by atoms with Gasteiger partial charge in [0.1, 0.15) is 18.2 Å². The molecular weight excluding hydrogens is 509 g/mol. The van der Waals surface area contributed by atoms with Gasteiger partial charge in [0.25, 0.3) is 0 Å². The molecule has 7 nitrogen and oxygen atoms in total. The van der Waals surface area contributed by atoms with E-state index in [2.05, 4.69) is 36.4 Å². The van der Waals surface area contributed by atoms with Gasteiger partial charge in [0.15, 0.2) is 0 Å². The predicted molar refractivity (Wildman–Crippen MR) is 154 cm³/mol. The second-order valence-corrected chi connectivity index (χ2v) is 9.69. The third-order valence-electron chi connectivity index (χ3n) is 6.73. The van der Waals surface area contributed by atoms with Crippen LogP contribution in [0.1, 0.15) is 41.3 Å². The van der Waals surface area contributed by atoms with Gasteiger partial charge in [-0.1, -0.05) is 24.3 Å². The normalized spacial score (nSPS) is 10.8. The lowest BCUT2D eigenvalue weighted by atomic mass is 9.94. The molecule has 4 aromatic rings. The Bertz CT molecular complexity index is 1460. The molecule has 0 saturated heterocycles. The summed E-state index contributed by atoms with van der Waals surface area (Å²) in [5.41, 5.74) is 7.68. The summed E-state index contributed by atoms with van der Waals surface area (Å²) in [6.07, 6.45) is 0.476. The minimum atomic E-state index is -0.334. The largest absolute Gasteiger partial charge is 0.487 e. The van der Waals surface area contributed by atoms with Crippen LogP contribution in [0.5, 0.6) is 11.6 Å². The number of nitrogens with one attached hydrogen (secondary N) is 1. The third-order valence-corrected chi connectivity index (χ3v) is 6.73. The zero-order valence-electron chi connectivity index (χ0n) is 23.7. The van der Waals surface area contributed by atoms with E-state index in [0.717, 1.165) is 39.3 Å². The third kappa shape index (κ3) is 7.20. The Labute approximate surface area is 234 Å². The van der Waals surface area contributed by atoms with Crippen molar-refractivity contribution >= 4 is 11.7 Å². The van der Waals surface area contributed by atoms with Crippen LogP contribution in [0, 0.1) is 19.7 Å². The van der Waals surface area contributed by atoms with Crippen LogP contribution in [0.2, 0.25) is 0 Å². The molecule has 0 spiro atoms. The molecule has 0 amide bonds. The summed E-state index contributed by atoms with van der Waals surface area (Å²) in [7, 11) is 3.46. The van der Waals surface area contributed by atoms with Crippen LogP contribution in [0.15, 0.2) is 60.7 Å². The molecule has 0 aliphatic rings. The van der Waals surface area contributed by atoms with E-state index in [1.54, 1.807) is 24.8 Å². The molecular formula is C32H36FN3O4. The molecule has 0 bridgehead atoms. The van der Waals surface area contributed by atoms with E-state index in [1.165, 1.54) is 6.07 Å². The molecule has 0 fully saturated rings. The molecule has 1 heterocycles. The van der Waals surface area contributed by atoms with Gasteiger partial charge in [-0.3, -0.25) is 9.48 Å². The minimum Gasteiger partial charge on any atom is -0.487 e. The standard InChI is InChI=1S/C32H36FN3O4/c1-6-39-31(37)13-11-24-10-12-26(17-29(24)33)34-19-23-8-7-9-25(16-23)32-21(2)14-28(15-22(32)3)40-20-27-18-30(38-5)35-36(27)4/h7-10,12,14-18,34H,6,11,13,19-20H2,1-5H3. The zero-order chi connectivity index (χ0) is 28.6. The van der Waals surface area contributed by atoms with Gasteiger partial charge < -0.3 is 19.5 Å². The Hall–Kier alpha value is -4.33. The molecule has 0 aliphatic carbocycles. The van der Waals surface area contributed by atoms with Crippen molar-refractivity contribution in [1.29, 1.82) is 0 Å². The molecule has 3 aromatic carbocycles. The van der Waals surface area contributed by atoms with Crippen molar-refractivity contribution in [2.24, 2.45) is 7.05 Å². The maximum absolute atomic E-state index is 14.6. The highest BCUT2D eigenvalue weighted by atomic mass is 19.1. The van der Waals surface area contributed by atoms with Crippen LogP contribution >= 0.6 is 0 Å². The number of carbonyl (C=O) groups excluding carboxylic acids is 1. The van der Waals surface area contributed by atoms with Gasteiger partial charge >= 0.3 is 5.97 Å². The lowest BCUT2D eigenvalue weighted by Gasteiger charge is -2.15. The van der Waals surface area contributed by atoms with Gasteiger partial charge in [0.2, 0.25) is 5.88 Å². The first-order chi connectivity index (χ1) is 19.3. The monoisotopic (exact) mass is 545 g/mol. The van der Waals surface area contributed by atoms with Crippen LogP contribution in [0.4, 0.5) is 10.1 Å². The molecule has 1 aromatic heterocycles. The first kappa shape index (κ1) is 28.7. The highest BCUT2D eigenvalue weighted by Crippen LogP contribution is 2.32. The summed E-state index contributed by atoms with van der Waals surface area (Å²) in [5, 5.41) is 7.58. The average Bonchev–Trinajstić information content (AvgIpc) is 3.29. The number of anilines is 1. The average molecular weight is 546 g/mol. The number of ether oxygens (including phenoxy) is 3. The van der Waals surface area contributed by atoms with Crippen LogP contribution in [-0.4, -0.2) is 29.5 Å². The molecule has 8 heteroatoms. The maximum atomic E-state index is 14.6. The lowest BCUT2D eigenvalue weighted by Crippen LogP contribution is -2.06. The summed E-state index contributed by atoms with van der Waals surface area (Å²) in [6, 6.07) is 19.3. The van der Waals surface area contributed by atoms with Gasteiger partial charge in [-0.15, -0.1) is 5.10 Å². The smallest absolute Gasteiger partial charge is 0.306 e. The number of aryl methyl sites for hydroxylation is 4. The van der Waals surface area contributed by atoms with Crippen molar-refractivity contribution in [3.8, 4) is 22.8 Å². The molecule has 1 N–H and O–H groups in total. The number of hydrogen-bond donors (Lipinski definition) is 1. The number of halogens is 1. The molecule has 210 valence electrons. The highest BCUT2D eigenvalue weighted by molar-refractivity contribution is 5.72. The fourth-order valence-corrected chi connectivity index (χ4v) is 4.70. The van der Waals surface area contributed by atoms with Crippen molar-refractivity contribution in [3.63, 3.8) is 0 Å². The van der Waals surface area contributed by atoms with E-state index in [4.69, 9.17) is 14.2 Å². The summed E-state index contributed by atoms with van der Waals surface area (Å²) in [4.78, 5) is 11.6. The number of carbonyl (C=O) groups is 1. The molecule has 0 radical (unpaired) electrons. The van der Waals surface area contributed by atoms with Crippen LogP contribution in [0.25, 0.3) is 11.1 Å². The summed E-state index contributed by atoms with van der Waals surface area (Å²) in [6.45, 7) is 7.18. The van der Waals surface area contributed by atoms with Gasteiger partial charge in [-0.05, 0) is 90.9 Å². The second kappa shape index (κ2) is 13.2. The van der Waals surface area contributed by atoms with E-state index in [-0.39, 0.29) is 18.2 Å². The van der Waals surface area contributed by atoms with E-state index < -0.39 is 0 Å². The minimum absolute atomic E-state index is 0.163. The molecule has 40 heavy (non-hydrogen) atoms. The first-order valence-corrected chi connectivity index (χ1v) is 13.4. The van der Waals surface area contributed by atoms with Gasteiger partial charge in [-0.25, -0.2) is 4.39 Å². The van der Waals surface area contributed by atoms with Crippen LogP contribution < -0.4 is 14.8 Å². The van der Waals surface area contributed by atoms with Crippen molar-refractivity contribution in [2.45, 2.75) is 46.8 Å². The number of benzene rings is 3. The maximum Gasteiger partial charge on any atom is 0.306 e. The van der Waals surface area contributed by atoms with Crippen LogP contribution in [-0.2, 0) is 36.2 Å². The first-order valence-electron chi connectivity index (χ1n) is 13.4. The topological polar surface area (TPSA) is 74.6 Å². The Morgan fingerprint density at radius 3 is 2.50 bits per heavy atom. The van der Waals surface area contributed by atoms with Crippen LogP contribution in [0.3, 0.4) is 0 Å². The van der Waals surface area contributed by atoms with Crippen molar-refractivity contribution in [1.82, 2.24) is 9.78 Å². The van der Waals surface area contributed by atoms with Crippen molar-refractivity contribution in [3.05, 3.63) is 94.4 Å². The van der Waals surface area contributed by atoms with Crippen molar-refractivity contribution < 1.29 is 23.4 Å². The number of hydrogen-bond acceptors (Lipinski definition) is 6. The molecule has 0 atom stereocenters. The van der Waals surface area contributed by atoms with E-state index >= 15 is 0 Å². The number of nitrogens with zero attached hydrogens (tertiary/aromatic N) is 2. The summed E-state index contributed by atoms with van der Waals surface area (Å²) >= 11 is 0. The van der Waals surface area contributed by atoms with Crippen molar-refractivity contribution in [2.75, 3.05) is 19.0 Å². The van der Waals surface area contributed by atoms with Gasteiger partial charge in [0.05, 0.1) is 19.4 Å². The fraction of sp³-hybridized carbons (Fsp3) is 0.312. The number of methoxy groups -OCH3 is 1. The van der Waals surface area contributed by atoms with E-state index in [9.17, 15) is 9.18 Å². The fourth-order valence-electron chi connectivity index (χ4n) is 4.70. The Balaban J connectivity index is 1.41. The summed E-state index contributed by atoms with van der Waals surface area (Å²) < 4.78 is 32.5. The van der Waals surface area contributed by atoms with E-state index in [0.29, 0.717) is 43.3 Å². The molecule has 0 saturated carbocycles. The molecule has 0 unspecified atom stereocenters. The SMILES string of the molecule is CCOC(=O)CCc1ccc(NCc2cccc(-c3c(C)cc(OCc4cc(OC)nn4C)cc3C)c2)cc1F. The number of rotatable bonds is 12. The van der Waals surface area contributed by atoms with E-state index in [1.807, 2.05) is 43.4 Å². The zero-order valence-corrected chi connectivity index (χ0v) is 23.7. The summed E-state index contributed by atoms with van der Waals surface area (Å²) in [5.74, 6) is 0.706. The highest BCUT2D eigenvalue weighted by Gasteiger charge is 2.12. The predicted octanol–water partition coefficient (Wildman–Crippen LogP) is 6.54. The number of esters is 1. The number of aromatic nitrogens is 2. The van der Waals surface area contributed by atoms with Gasteiger partial charge in [0, 0.05) is 31.8 Å². The quantitative estimate of drug-likeness (QED) is 0.204.